The summed E-state index contributed by atoms with van der Waals surface area (Å²) in [7, 11) is 0. The van der Waals surface area contributed by atoms with Crippen molar-refractivity contribution in [2.24, 2.45) is 0 Å². The molecule has 0 atom stereocenters. The SMILES string of the molecule is CSCC(=O)Nc1nonc1C. The van der Waals surface area contributed by atoms with Crippen molar-refractivity contribution in [3.8, 4) is 0 Å². The average Bonchev–Trinajstić information content (AvgIpc) is 2.37. The number of anilines is 1. The van der Waals surface area contributed by atoms with Crippen molar-refractivity contribution < 1.29 is 9.42 Å². The van der Waals surface area contributed by atoms with Gasteiger partial charge in [-0.15, -0.1) is 0 Å². The average molecular weight is 187 g/mol. The van der Waals surface area contributed by atoms with Crippen LogP contribution in [0.25, 0.3) is 0 Å². The molecule has 1 rings (SSSR count). The quantitative estimate of drug-likeness (QED) is 0.753. The fourth-order valence-electron chi connectivity index (χ4n) is 0.644. The van der Waals surface area contributed by atoms with Gasteiger partial charge >= 0.3 is 0 Å². The molecule has 6 heteroatoms. The molecule has 1 N–H and O–H groups in total. The summed E-state index contributed by atoms with van der Waals surface area (Å²) in [4.78, 5) is 11.0. The lowest BCUT2D eigenvalue weighted by Gasteiger charge is -1.97. The Morgan fingerprint density at radius 1 is 1.67 bits per heavy atom. The summed E-state index contributed by atoms with van der Waals surface area (Å²) in [6, 6.07) is 0. The van der Waals surface area contributed by atoms with Crippen LogP contribution in [0.2, 0.25) is 0 Å². The summed E-state index contributed by atoms with van der Waals surface area (Å²) in [6.07, 6.45) is 1.85. The molecule has 66 valence electrons. The smallest absolute Gasteiger partial charge is 0.235 e. The number of nitrogens with one attached hydrogen (secondary N) is 1. The Morgan fingerprint density at radius 2 is 2.42 bits per heavy atom. The van der Waals surface area contributed by atoms with Gasteiger partial charge in [-0.25, -0.2) is 4.63 Å². The number of nitrogens with zero attached hydrogens (tertiary/aromatic N) is 2. The van der Waals surface area contributed by atoms with Crippen LogP contribution in [-0.4, -0.2) is 28.2 Å². The molecule has 1 aromatic rings. The van der Waals surface area contributed by atoms with Crippen LogP contribution >= 0.6 is 11.8 Å². The summed E-state index contributed by atoms with van der Waals surface area (Å²) < 4.78 is 4.40. The number of thioether (sulfide) groups is 1. The zero-order chi connectivity index (χ0) is 8.97. The summed E-state index contributed by atoms with van der Waals surface area (Å²) in [5.41, 5.74) is 0.587. The van der Waals surface area contributed by atoms with Crippen LogP contribution in [0, 0.1) is 6.92 Å². The maximum atomic E-state index is 11.0. The minimum absolute atomic E-state index is 0.0960. The van der Waals surface area contributed by atoms with E-state index in [1.54, 1.807) is 6.92 Å². The minimum Gasteiger partial charge on any atom is -0.306 e. The van der Waals surface area contributed by atoms with Gasteiger partial charge in [-0.05, 0) is 18.3 Å². The second-order valence-electron chi connectivity index (χ2n) is 2.18. The standard InChI is InChI=1S/C6H9N3O2S/c1-4-6(9-11-8-4)7-5(10)3-12-2/h3H2,1-2H3,(H,7,9,10). The van der Waals surface area contributed by atoms with Gasteiger partial charge in [-0.3, -0.25) is 4.79 Å². The molecule has 0 saturated carbocycles. The van der Waals surface area contributed by atoms with Gasteiger partial charge in [0.15, 0.2) is 5.82 Å². The number of amides is 1. The van der Waals surface area contributed by atoms with E-state index in [9.17, 15) is 4.79 Å². The first-order valence-corrected chi connectivity index (χ1v) is 4.71. The van der Waals surface area contributed by atoms with E-state index in [-0.39, 0.29) is 5.91 Å². The molecule has 0 bridgehead atoms. The van der Waals surface area contributed by atoms with E-state index in [2.05, 4.69) is 20.3 Å². The molecule has 0 spiro atoms. The molecule has 5 nitrogen and oxygen atoms in total. The molecule has 1 heterocycles. The highest BCUT2D eigenvalue weighted by Crippen LogP contribution is 2.07. The summed E-state index contributed by atoms with van der Waals surface area (Å²) in [5.74, 6) is 0.710. The molecule has 0 aliphatic rings. The lowest BCUT2D eigenvalue weighted by atomic mass is 10.5. The van der Waals surface area contributed by atoms with Crippen LogP contribution < -0.4 is 5.32 Å². The van der Waals surface area contributed by atoms with Crippen LogP contribution in [0.4, 0.5) is 5.82 Å². The second kappa shape index (κ2) is 4.10. The van der Waals surface area contributed by atoms with Crippen LogP contribution in [0.15, 0.2) is 4.63 Å². The maximum Gasteiger partial charge on any atom is 0.235 e. The van der Waals surface area contributed by atoms with Crippen LogP contribution in [-0.2, 0) is 4.79 Å². The Bertz CT molecular complexity index is 274. The van der Waals surface area contributed by atoms with E-state index in [0.717, 1.165) is 0 Å². The van der Waals surface area contributed by atoms with E-state index in [4.69, 9.17) is 0 Å². The summed E-state index contributed by atoms with van der Waals surface area (Å²) in [6.45, 7) is 1.71. The van der Waals surface area contributed by atoms with Gasteiger partial charge in [-0.2, -0.15) is 11.8 Å². The van der Waals surface area contributed by atoms with Gasteiger partial charge in [0, 0.05) is 0 Å². The van der Waals surface area contributed by atoms with Gasteiger partial charge < -0.3 is 5.32 Å². The number of carbonyl (C=O) groups is 1. The molecule has 0 aromatic carbocycles. The van der Waals surface area contributed by atoms with E-state index >= 15 is 0 Å². The fourth-order valence-corrected chi connectivity index (χ4v) is 0.979. The number of hydrogen-bond donors (Lipinski definition) is 1. The topological polar surface area (TPSA) is 68.0 Å². The zero-order valence-electron chi connectivity index (χ0n) is 6.83. The van der Waals surface area contributed by atoms with Crippen molar-refractivity contribution in [2.75, 3.05) is 17.3 Å². The second-order valence-corrected chi connectivity index (χ2v) is 3.05. The number of rotatable bonds is 3. The Morgan fingerprint density at radius 3 is 2.92 bits per heavy atom. The first-order valence-electron chi connectivity index (χ1n) is 3.32. The molecule has 1 amide bonds. The Labute approximate surface area is 73.9 Å². The molecule has 0 radical (unpaired) electrons. The lowest BCUT2D eigenvalue weighted by Crippen LogP contribution is -2.14. The molecule has 0 fully saturated rings. The number of aromatic nitrogens is 2. The molecule has 0 aliphatic heterocycles. The predicted molar refractivity (Wildman–Crippen MR) is 46.0 cm³/mol. The largest absolute Gasteiger partial charge is 0.306 e. The third kappa shape index (κ3) is 2.23. The number of hydrogen-bond acceptors (Lipinski definition) is 5. The van der Waals surface area contributed by atoms with Crippen molar-refractivity contribution in [1.82, 2.24) is 10.3 Å². The monoisotopic (exact) mass is 187 g/mol. The van der Waals surface area contributed by atoms with Crippen LogP contribution in [0.3, 0.4) is 0 Å². The normalized spacial score (nSPS) is 9.83. The molecule has 1 aromatic heterocycles. The highest BCUT2D eigenvalue weighted by molar-refractivity contribution is 7.99. The van der Waals surface area contributed by atoms with Gasteiger partial charge in [0.05, 0.1) is 5.75 Å². The Hall–Kier alpha value is -1.04. The predicted octanol–water partition coefficient (Wildman–Crippen LogP) is 0.680. The zero-order valence-corrected chi connectivity index (χ0v) is 7.64. The molecule has 0 unspecified atom stereocenters. The molecular weight excluding hydrogens is 178 g/mol. The highest BCUT2D eigenvalue weighted by Gasteiger charge is 2.07. The Balaban J connectivity index is 2.52. The van der Waals surface area contributed by atoms with E-state index in [0.29, 0.717) is 17.3 Å². The van der Waals surface area contributed by atoms with Crippen molar-refractivity contribution in [3.05, 3.63) is 5.69 Å². The molecule has 12 heavy (non-hydrogen) atoms. The third-order valence-electron chi connectivity index (χ3n) is 1.19. The number of aryl methyl sites for hydroxylation is 1. The van der Waals surface area contributed by atoms with Crippen molar-refractivity contribution >= 4 is 23.5 Å². The maximum absolute atomic E-state index is 11.0. The van der Waals surface area contributed by atoms with E-state index in [1.165, 1.54) is 11.8 Å². The molecule has 0 aliphatic carbocycles. The lowest BCUT2D eigenvalue weighted by molar-refractivity contribution is -0.113. The van der Waals surface area contributed by atoms with Gasteiger partial charge in [0.1, 0.15) is 5.69 Å². The minimum atomic E-state index is -0.0960. The third-order valence-corrected chi connectivity index (χ3v) is 1.74. The highest BCUT2D eigenvalue weighted by atomic mass is 32.2. The van der Waals surface area contributed by atoms with E-state index < -0.39 is 0 Å². The molecular formula is C6H9N3O2S. The van der Waals surface area contributed by atoms with Gasteiger partial charge in [0.2, 0.25) is 5.91 Å². The van der Waals surface area contributed by atoms with Gasteiger partial charge in [-0.1, -0.05) is 5.16 Å². The van der Waals surface area contributed by atoms with Crippen molar-refractivity contribution in [2.45, 2.75) is 6.92 Å². The fraction of sp³-hybridized carbons (Fsp3) is 0.500. The molecule has 0 saturated heterocycles. The Kier molecular flexibility index (Phi) is 3.09. The van der Waals surface area contributed by atoms with E-state index in [1.807, 2.05) is 6.26 Å². The summed E-state index contributed by atoms with van der Waals surface area (Å²) in [5, 5.41) is 9.60. The van der Waals surface area contributed by atoms with Gasteiger partial charge in [0.25, 0.3) is 0 Å². The first-order chi connectivity index (χ1) is 5.74. The van der Waals surface area contributed by atoms with Crippen molar-refractivity contribution in [3.63, 3.8) is 0 Å². The first kappa shape index (κ1) is 9.05. The van der Waals surface area contributed by atoms with Crippen LogP contribution in [0.5, 0.6) is 0 Å². The van der Waals surface area contributed by atoms with Crippen molar-refractivity contribution in [1.29, 1.82) is 0 Å². The number of carbonyl (C=O) groups excluding carboxylic acids is 1. The summed E-state index contributed by atoms with van der Waals surface area (Å²) >= 11 is 1.45. The van der Waals surface area contributed by atoms with Crippen LogP contribution in [0.1, 0.15) is 5.69 Å².